The van der Waals surface area contributed by atoms with E-state index in [9.17, 15) is 0 Å². The largest absolute Gasteiger partial charge is 0.464 e. The van der Waals surface area contributed by atoms with Crippen LogP contribution >= 0.6 is 0 Å². The highest BCUT2D eigenvalue weighted by Crippen LogP contribution is 2.29. The lowest BCUT2D eigenvalue weighted by atomic mass is 9.92. The number of aromatic nitrogens is 1. The van der Waals surface area contributed by atoms with E-state index in [1.165, 1.54) is 16.6 Å². The average molecular weight is 239 g/mol. The molecule has 1 N–H and O–H groups in total. The highest BCUT2D eigenvalue weighted by atomic mass is 16.3. The second-order valence-corrected chi connectivity index (χ2v) is 5.71. The van der Waals surface area contributed by atoms with Crippen LogP contribution in [0.4, 0.5) is 0 Å². The van der Waals surface area contributed by atoms with Crippen molar-refractivity contribution >= 4 is 10.9 Å². The van der Waals surface area contributed by atoms with E-state index in [4.69, 9.17) is 4.42 Å². The first kappa shape index (κ1) is 11.1. The van der Waals surface area contributed by atoms with Crippen molar-refractivity contribution in [2.24, 2.45) is 0 Å². The van der Waals surface area contributed by atoms with Gasteiger partial charge < -0.3 is 9.40 Å². The summed E-state index contributed by atoms with van der Waals surface area (Å²) in [6.07, 6.45) is 1.71. The van der Waals surface area contributed by atoms with Crippen LogP contribution in [0.15, 0.2) is 47.1 Å². The summed E-state index contributed by atoms with van der Waals surface area (Å²) in [5, 5.41) is 1.23. The third kappa shape index (κ3) is 1.84. The zero-order valence-electron chi connectivity index (χ0n) is 10.9. The van der Waals surface area contributed by atoms with Crippen molar-refractivity contribution in [2.45, 2.75) is 26.2 Å². The third-order valence-electron chi connectivity index (χ3n) is 3.23. The van der Waals surface area contributed by atoms with E-state index >= 15 is 0 Å². The summed E-state index contributed by atoms with van der Waals surface area (Å²) in [6.45, 7) is 6.64. The summed E-state index contributed by atoms with van der Waals surface area (Å²) >= 11 is 0. The quantitative estimate of drug-likeness (QED) is 0.653. The summed E-state index contributed by atoms with van der Waals surface area (Å²) in [5.74, 6) is 0.912. The maximum absolute atomic E-state index is 5.43. The number of furan rings is 1. The Labute approximate surface area is 107 Å². The smallest absolute Gasteiger partial charge is 0.133 e. The molecule has 2 heteroatoms. The standard InChI is InChI=1S/C16H17NO/c1-16(2,3)15-10-12-9-11(6-7-13(12)17-15)14-5-4-8-18-14/h4-10,17H,1-3H3. The van der Waals surface area contributed by atoms with Crippen LogP contribution < -0.4 is 0 Å². The zero-order chi connectivity index (χ0) is 12.8. The predicted octanol–water partition coefficient (Wildman–Crippen LogP) is 4.73. The average Bonchev–Trinajstić information content (AvgIpc) is 2.96. The molecule has 0 atom stereocenters. The van der Waals surface area contributed by atoms with E-state index in [1.54, 1.807) is 6.26 Å². The molecular weight excluding hydrogens is 222 g/mol. The number of rotatable bonds is 1. The van der Waals surface area contributed by atoms with Gasteiger partial charge in [0.15, 0.2) is 0 Å². The number of nitrogens with one attached hydrogen (secondary N) is 1. The van der Waals surface area contributed by atoms with Crippen molar-refractivity contribution in [3.8, 4) is 11.3 Å². The van der Waals surface area contributed by atoms with E-state index < -0.39 is 0 Å². The fraction of sp³-hybridized carbons (Fsp3) is 0.250. The minimum absolute atomic E-state index is 0.143. The first-order valence-corrected chi connectivity index (χ1v) is 6.21. The molecule has 2 heterocycles. The van der Waals surface area contributed by atoms with Gasteiger partial charge >= 0.3 is 0 Å². The molecule has 2 aromatic heterocycles. The summed E-state index contributed by atoms with van der Waals surface area (Å²) in [6, 6.07) is 12.5. The summed E-state index contributed by atoms with van der Waals surface area (Å²) in [4.78, 5) is 3.48. The van der Waals surface area contributed by atoms with Crippen LogP contribution in [0.25, 0.3) is 22.2 Å². The van der Waals surface area contributed by atoms with Gasteiger partial charge in [-0.2, -0.15) is 0 Å². The maximum atomic E-state index is 5.43. The van der Waals surface area contributed by atoms with Crippen LogP contribution in [0.1, 0.15) is 26.5 Å². The molecule has 18 heavy (non-hydrogen) atoms. The van der Waals surface area contributed by atoms with Gasteiger partial charge in [-0.05, 0) is 36.4 Å². The van der Waals surface area contributed by atoms with Crippen molar-refractivity contribution in [3.63, 3.8) is 0 Å². The molecule has 3 rings (SSSR count). The van der Waals surface area contributed by atoms with E-state index in [-0.39, 0.29) is 5.41 Å². The van der Waals surface area contributed by atoms with Gasteiger partial charge in [0.05, 0.1) is 6.26 Å². The fourth-order valence-electron chi connectivity index (χ4n) is 2.13. The number of fused-ring (bicyclic) bond motifs is 1. The second kappa shape index (κ2) is 3.77. The van der Waals surface area contributed by atoms with Crippen molar-refractivity contribution in [1.29, 1.82) is 0 Å². The maximum Gasteiger partial charge on any atom is 0.133 e. The van der Waals surface area contributed by atoms with Crippen LogP contribution in [0.5, 0.6) is 0 Å². The number of hydrogen-bond donors (Lipinski definition) is 1. The van der Waals surface area contributed by atoms with E-state index in [0.29, 0.717) is 0 Å². The lowest BCUT2D eigenvalue weighted by Gasteiger charge is -2.15. The first-order valence-electron chi connectivity index (χ1n) is 6.21. The van der Waals surface area contributed by atoms with Crippen molar-refractivity contribution in [2.75, 3.05) is 0 Å². The monoisotopic (exact) mass is 239 g/mol. The molecule has 0 spiro atoms. The Balaban J connectivity index is 2.13. The van der Waals surface area contributed by atoms with Gasteiger partial charge in [-0.1, -0.05) is 20.8 Å². The van der Waals surface area contributed by atoms with Crippen molar-refractivity contribution in [1.82, 2.24) is 4.98 Å². The van der Waals surface area contributed by atoms with Gasteiger partial charge in [-0.3, -0.25) is 0 Å². The lowest BCUT2D eigenvalue weighted by molar-refractivity contribution is 0.574. The Hall–Kier alpha value is -1.96. The topological polar surface area (TPSA) is 28.9 Å². The molecule has 0 saturated carbocycles. The van der Waals surface area contributed by atoms with Gasteiger partial charge in [0.25, 0.3) is 0 Å². The van der Waals surface area contributed by atoms with Gasteiger partial charge in [0.2, 0.25) is 0 Å². The van der Waals surface area contributed by atoms with E-state index in [2.05, 4.69) is 50.0 Å². The Morgan fingerprint density at radius 1 is 1.06 bits per heavy atom. The molecule has 0 aliphatic heterocycles. The molecule has 2 nitrogen and oxygen atoms in total. The summed E-state index contributed by atoms with van der Waals surface area (Å²) in [5.41, 5.74) is 3.69. The SMILES string of the molecule is CC(C)(C)c1cc2cc(-c3ccco3)ccc2[nH]1. The third-order valence-corrected chi connectivity index (χ3v) is 3.23. The zero-order valence-corrected chi connectivity index (χ0v) is 10.9. The Morgan fingerprint density at radius 3 is 2.56 bits per heavy atom. The number of H-pyrrole nitrogens is 1. The number of benzene rings is 1. The molecule has 0 saturated heterocycles. The molecule has 0 unspecified atom stereocenters. The summed E-state index contributed by atoms with van der Waals surface area (Å²) in [7, 11) is 0. The van der Waals surface area contributed by atoms with Gasteiger partial charge in [0.1, 0.15) is 5.76 Å². The normalized spacial score (nSPS) is 12.2. The fourth-order valence-corrected chi connectivity index (χ4v) is 2.13. The molecule has 3 aromatic rings. The van der Waals surface area contributed by atoms with Crippen LogP contribution in [0.3, 0.4) is 0 Å². The molecule has 0 radical (unpaired) electrons. The van der Waals surface area contributed by atoms with Gasteiger partial charge in [-0.15, -0.1) is 0 Å². The van der Waals surface area contributed by atoms with E-state index in [0.717, 1.165) is 11.3 Å². The van der Waals surface area contributed by atoms with Gasteiger partial charge in [0, 0.05) is 27.6 Å². The lowest BCUT2D eigenvalue weighted by Crippen LogP contribution is -2.10. The molecular formula is C16H17NO. The minimum atomic E-state index is 0.143. The Kier molecular flexibility index (Phi) is 2.34. The molecule has 0 bridgehead atoms. The first-order chi connectivity index (χ1) is 8.54. The Bertz CT molecular complexity index is 669. The highest BCUT2D eigenvalue weighted by molar-refractivity contribution is 5.85. The van der Waals surface area contributed by atoms with Crippen LogP contribution in [0.2, 0.25) is 0 Å². The number of aromatic amines is 1. The molecule has 1 aromatic carbocycles. The molecule has 0 aliphatic rings. The van der Waals surface area contributed by atoms with Gasteiger partial charge in [-0.25, -0.2) is 0 Å². The second-order valence-electron chi connectivity index (χ2n) is 5.71. The van der Waals surface area contributed by atoms with Crippen LogP contribution in [0, 0.1) is 0 Å². The highest BCUT2D eigenvalue weighted by Gasteiger charge is 2.16. The number of hydrogen-bond acceptors (Lipinski definition) is 1. The summed E-state index contributed by atoms with van der Waals surface area (Å²) < 4.78 is 5.43. The van der Waals surface area contributed by atoms with Crippen molar-refractivity contribution < 1.29 is 4.42 Å². The molecule has 92 valence electrons. The molecule has 0 aliphatic carbocycles. The van der Waals surface area contributed by atoms with Crippen LogP contribution in [-0.4, -0.2) is 4.98 Å². The Morgan fingerprint density at radius 2 is 1.89 bits per heavy atom. The van der Waals surface area contributed by atoms with Crippen LogP contribution in [-0.2, 0) is 5.41 Å². The molecule has 0 fully saturated rings. The van der Waals surface area contributed by atoms with Crippen molar-refractivity contribution in [3.05, 3.63) is 48.4 Å². The molecule has 0 amide bonds. The minimum Gasteiger partial charge on any atom is -0.464 e. The van der Waals surface area contributed by atoms with E-state index in [1.807, 2.05) is 12.1 Å². The predicted molar refractivity (Wildman–Crippen MR) is 74.7 cm³/mol.